The van der Waals surface area contributed by atoms with Gasteiger partial charge in [-0.1, -0.05) is 41.1 Å². The molecule has 0 aliphatic heterocycles. The lowest BCUT2D eigenvalue weighted by Gasteiger charge is -2.14. The third kappa shape index (κ3) is 4.22. The van der Waals surface area contributed by atoms with Crippen LogP contribution in [0.2, 0.25) is 0 Å². The van der Waals surface area contributed by atoms with E-state index in [1.54, 1.807) is 0 Å². The van der Waals surface area contributed by atoms with Crippen molar-refractivity contribution in [3.05, 3.63) is 52.5 Å². The highest BCUT2D eigenvalue weighted by atomic mass is 79.9. The van der Waals surface area contributed by atoms with Crippen molar-refractivity contribution in [2.75, 3.05) is 6.61 Å². The molecule has 0 saturated heterocycles. The summed E-state index contributed by atoms with van der Waals surface area (Å²) in [4.78, 5) is 0. The van der Waals surface area contributed by atoms with Crippen LogP contribution in [0.5, 0.6) is 17.2 Å². The molecule has 0 aliphatic carbocycles. The number of hydrogen-bond acceptors (Lipinski definition) is 3. The van der Waals surface area contributed by atoms with Gasteiger partial charge in [0.05, 0.1) is 6.61 Å². The van der Waals surface area contributed by atoms with E-state index in [0.29, 0.717) is 12.4 Å². The summed E-state index contributed by atoms with van der Waals surface area (Å²) >= 11 is 3.53. The van der Waals surface area contributed by atoms with Crippen molar-refractivity contribution in [3.63, 3.8) is 0 Å². The maximum atomic E-state index is 5.93. The van der Waals surface area contributed by atoms with Gasteiger partial charge in [0, 0.05) is 10.5 Å². The molecule has 0 heterocycles. The van der Waals surface area contributed by atoms with Crippen LogP contribution in [-0.4, -0.2) is 6.61 Å². The Balaban J connectivity index is 2.20. The summed E-state index contributed by atoms with van der Waals surface area (Å²) < 4.78 is 12.6. The molecule has 0 aliphatic rings. The van der Waals surface area contributed by atoms with Crippen molar-refractivity contribution in [2.24, 2.45) is 5.73 Å². The molecule has 112 valence electrons. The zero-order valence-corrected chi connectivity index (χ0v) is 13.9. The first-order valence-electron chi connectivity index (χ1n) is 7.06. The van der Waals surface area contributed by atoms with E-state index in [4.69, 9.17) is 15.2 Å². The second kappa shape index (κ2) is 7.48. The number of halogens is 1. The molecule has 0 spiro atoms. The molecule has 2 N–H and O–H groups in total. The van der Waals surface area contributed by atoms with Gasteiger partial charge in [-0.25, -0.2) is 0 Å². The van der Waals surface area contributed by atoms with Gasteiger partial charge >= 0.3 is 0 Å². The average molecular weight is 350 g/mol. The van der Waals surface area contributed by atoms with Crippen LogP contribution in [0.4, 0.5) is 0 Å². The number of para-hydroxylation sites is 2. The SMILES string of the molecule is CCCOc1ccccc1Oc1ccc(C(C)N)c(Br)c1. The Kier molecular flexibility index (Phi) is 5.65. The zero-order chi connectivity index (χ0) is 15.2. The van der Waals surface area contributed by atoms with Crippen LogP contribution in [0.25, 0.3) is 0 Å². The highest BCUT2D eigenvalue weighted by Gasteiger charge is 2.09. The summed E-state index contributed by atoms with van der Waals surface area (Å²) in [7, 11) is 0. The molecule has 4 heteroatoms. The third-order valence-corrected chi connectivity index (χ3v) is 3.69. The molecule has 2 aromatic rings. The van der Waals surface area contributed by atoms with E-state index < -0.39 is 0 Å². The molecule has 0 amide bonds. The monoisotopic (exact) mass is 349 g/mol. The Hall–Kier alpha value is -1.52. The Bertz CT molecular complexity index is 599. The molecule has 0 bridgehead atoms. The predicted molar refractivity (Wildman–Crippen MR) is 89.0 cm³/mol. The minimum absolute atomic E-state index is 0.0198. The van der Waals surface area contributed by atoms with Crippen molar-refractivity contribution in [1.29, 1.82) is 0 Å². The standard InChI is InChI=1S/C17H20BrNO2/c1-3-10-20-16-6-4-5-7-17(16)21-13-8-9-14(12(2)19)15(18)11-13/h4-9,11-12H,3,10,19H2,1-2H3. The van der Waals surface area contributed by atoms with Crippen molar-refractivity contribution < 1.29 is 9.47 Å². The second-order valence-electron chi connectivity index (χ2n) is 4.87. The van der Waals surface area contributed by atoms with Crippen LogP contribution in [0.15, 0.2) is 46.9 Å². The average Bonchev–Trinajstić information content (AvgIpc) is 2.46. The number of nitrogens with two attached hydrogens (primary N) is 1. The van der Waals surface area contributed by atoms with Crippen LogP contribution in [0.1, 0.15) is 31.9 Å². The minimum atomic E-state index is -0.0198. The van der Waals surface area contributed by atoms with Crippen molar-refractivity contribution in [2.45, 2.75) is 26.3 Å². The highest BCUT2D eigenvalue weighted by Crippen LogP contribution is 2.34. The van der Waals surface area contributed by atoms with Gasteiger partial charge in [-0.3, -0.25) is 0 Å². The maximum absolute atomic E-state index is 5.93. The quantitative estimate of drug-likeness (QED) is 0.793. The van der Waals surface area contributed by atoms with Gasteiger partial charge < -0.3 is 15.2 Å². The van der Waals surface area contributed by atoms with E-state index >= 15 is 0 Å². The Morgan fingerprint density at radius 3 is 2.48 bits per heavy atom. The number of benzene rings is 2. The number of hydrogen-bond donors (Lipinski definition) is 1. The van der Waals surface area contributed by atoms with Crippen LogP contribution < -0.4 is 15.2 Å². The minimum Gasteiger partial charge on any atom is -0.490 e. The lowest BCUT2D eigenvalue weighted by Crippen LogP contribution is -2.05. The van der Waals surface area contributed by atoms with E-state index in [0.717, 1.165) is 28.0 Å². The van der Waals surface area contributed by atoms with E-state index in [9.17, 15) is 0 Å². The lowest BCUT2D eigenvalue weighted by molar-refractivity contribution is 0.302. The first-order valence-corrected chi connectivity index (χ1v) is 7.85. The molecule has 0 aromatic heterocycles. The van der Waals surface area contributed by atoms with Gasteiger partial charge in [-0.05, 0) is 43.2 Å². The molecule has 0 radical (unpaired) electrons. The van der Waals surface area contributed by atoms with Gasteiger partial charge in [0.25, 0.3) is 0 Å². The van der Waals surface area contributed by atoms with E-state index in [2.05, 4.69) is 22.9 Å². The van der Waals surface area contributed by atoms with Crippen molar-refractivity contribution in [3.8, 4) is 17.2 Å². The largest absolute Gasteiger partial charge is 0.490 e. The summed E-state index contributed by atoms with van der Waals surface area (Å²) in [5, 5.41) is 0. The normalized spacial score (nSPS) is 12.0. The fourth-order valence-electron chi connectivity index (χ4n) is 1.93. The van der Waals surface area contributed by atoms with Gasteiger partial charge in [0.1, 0.15) is 5.75 Å². The smallest absolute Gasteiger partial charge is 0.169 e. The number of rotatable bonds is 6. The molecule has 2 aromatic carbocycles. The first kappa shape index (κ1) is 15.9. The summed E-state index contributed by atoms with van der Waals surface area (Å²) in [5.74, 6) is 2.22. The van der Waals surface area contributed by atoms with Crippen LogP contribution >= 0.6 is 15.9 Å². The molecule has 0 saturated carbocycles. The van der Waals surface area contributed by atoms with Gasteiger partial charge in [0.2, 0.25) is 0 Å². The van der Waals surface area contributed by atoms with E-state index in [1.807, 2.05) is 49.4 Å². The fraction of sp³-hybridized carbons (Fsp3) is 0.294. The van der Waals surface area contributed by atoms with Gasteiger partial charge in [-0.2, -0.15) is 0 Å². The van der Waals surface area contributed by atoms with Crippen LogP contribution in [0, 0.1) is 0 Å². The predicted octanol–water partition coefficient (Wildman–Crippen LogP) is 5.05. The van der Waals surface area contributed by atoms with Gasteiger partial charge in [0.15, 0.2) is 11.5 Å². The Morgan fingerprint density at radius 1 is 1.14 bits per heavy atom. The van der Waals surface area contributed by atoms with Crippen molar-refractivity contribution >= 4 is 15.9 Å². The van der Waals surface area contributed by atoms with E-state index in [-0.39, 0.29) is 6.04 Å². The summed E-state index contributed by atoms with van der Waals surface area (Å²) in [5.41, 5.74) is 6.96. The maximum Gasteiger partial charge on any atom is 0.169 e. The van der Waals surface area contributed by atoms with Crippen LogP contribution in [0.3, 0.4) is 0 Å². The van der Waals surface area contributed by atoms with Crippen molar-refractivity contribution in [1.82, 2.24) is 0 Å². The topological polar surface area (TPSA) is 44.5 Å². The summed E-state index contributed by atoms with van der Waals surface area (Å²) in [6, 6.07) is 13.5. The highest BCUT2D eigenvalue weighted by molar-refractivity contribution is 9.10. The first-order chi connectivity index (χ1) is 10.1. The lowest BCUT2D eigenvalue weighted by atomic mass is 10.1. The third-order valence-electron chi connectivity index (χ3n) is 3.00. The fourth-order valence-corrected chi connectivity index (χ4v) is 2.65. The summed E-state index contributed by atoms with van der Waals surface area (Å²) in [6.07, 6.45) is 0.961. The molecule has 1 unspecified atom stereocenters. The van der Waals surface area contributed by atoms with Crippen LogP contribution in [-0.2, 0) is 0 Å². The molecule has 3 nitrogen and oxygen atoms in total. The molecule has 21 heavy (non-hydrogen) atoms. The number of ether oxygens (including phenoxy) is 2. The Morgan fingerprint density at radius 2 is 1.86 bits per heavy atom. The zero-order valence-electron chi connectivity index (χ0n) is 12.3. The summed E-state index contributed by atoms with van der Waals surface area (Å²) in [6.45, 7) is 4.70. The second-order valence-corrected chi connectivity index (χ2v) is 5.72. The van der Waals surface area contributed by atoms with E-state index in [1.165, 1.54) is 0 Å². The molecular weight excluding hydrogens is 330 g/mol. The van der Waals surface area contributed by atoms with Gasteiger partial charge in [-0.15, -0.1) is 0 Å². The molecular formula is C17H20BrNO2. The molecule has 2 rings (SSSR count). The molecule has 0 fully saturated rings. The molecule has 1 atom stereocenters. The Labute approximate surface area is 134 Å².